The highest BCUT2D eigenvalue weighted by Crippen LogP contribution is 2.13. The average molecular weight is 246 g/mol. The van der Waals surface area contributed by atoms with Gasteiger partial charge in [0.1, 0.15) is 0 Å². The summed E-state index contributed by atoms with van der Waals surface area (Å²) in [6.07, 6.45) is -0.834. The monoisotopic (exact) mass is 246 g/mol. The summed E-state index contributed by atoms with van der Waals surface area (Å²) in [5.41, 5.74) is 0.146. The van der Waals surface area contributed by atoms with Crippen LogP contribution in [0.1, 0.15) is 5.56 Å². The minimum absolute atomic E-state index is 0.0244. The number of halogens is 2. The topological polar surface area (TPSA) is 38.7 Å². The molecule has 1 unspecified atom stereocenters. The number of methoxy groups -OCH3 is 1. The number of hydrogen-bond acceptors (Lipinski definition) is 3. The van der Waals surface area contributed by atoms with E-state index in [9.17, 15) is 13.9 Å². The molecule has 0 spiro atoms. The summed E-state index contributed by atoms with van der Waals surface area (Å²) in [6, 6.07) is 3.89. The second kappa shape index (κ2) is 7.32. The van der Waals surface area contributed by atoms with Gasteiger partial charge in [0.2, 0.25) is 0 Å². The Morgan fingerprint density at radius 3 is 2.76 bits per heavy atom. The Morgan fingerprint density at radius 2 is 2.06 bits per heavy atom. The van der Waals surface area contributed by atoms with Gasteiger partial charge in [0.05, 0.1) is 25.9 Å². The summed E-state index contributed by atoms with van der Waals surface area (Å²) in [5.74, 6) is -1.82. The van der Waals surface area contributed by atoms with E-state index in [4.69, 9.17) is 9.47 Å². The highest BCUT2D eigenvalue weighted by atomic mass is 19.2. The summed E-state index contributed by atoms with van der Waals surface area (Å²) in [7, 11) is 1.54. The molecule has 0 fully saturated rings. The molecule has 17 heavy (non-hydrogen) atoms. The largest absolute Gasteiger partial charge is 0.390 e. The number of aliphatic hydroxyl groups excluding tert-OH is 1. The van der Waals surface area contributed by atoms with Crippen molar-refractivity contribution < 1.29 is 23.4 Å². The van der Waals surface area contributed by atoms with Crippen LogP contribution in [0.4, 0.5) is 8.78 Å². The average Bonchev–Trinajstić information content (AvgIpc) is 2.31. The Hall–Kier alpha value is -1.04. The number of benzene rings is 1. The van der Waals surface area contributed by atoms with Gasteiger partial charge in [-0.25, -0.2) is 8.78 Å². The van der Waals surface area contributed by atoms with Crippen LogP contribution < -0.4 is 0 Å². The third-order valence-corrected chi connectivity index (χ3v) is 2.23. The third kappa shape index (κ3) is 4.77. The van der Waals surface area contributed by atoms with Gasteiger partial charge >= 0.3 is 0 Å². The van der Waals surface area contributed by atoms with Crippen LogP contribution in [0.25, 0.3) is 0 Å². The lowest BCUT2D eigenvalue weighted by molar-refractivity contribution is 0.0134. The molecule has 0 aromatic heterocycles. The summed E-state index contributed by atoms with van der Waals surface area (Å²) >= 11 is 0. The van der Waals surface area contributed by atoms with Crippen LogP contribution in [0, 0.1) is 11.6 Å². The van der Waals surface area contributed by atoms with E-state index < -0.39 is 17.7 Å². The first kappa shape index (κ1) is 14.0. The van der Waals surface area contributed by atoms with Crippen LogP contribution in [-0.4, -0.2) is 38.1 Å². The predicted molar refractivity (Wildman–Crippen MR) is 58.8 cm³/mol. The van der Waals surface area contributed by atoms with Gasteiger partial charge in [0.25, 0.3) is 0 Å². The molecule has 3 nitrogen and oxygen atoms in total. The fourth-order valence-corrected chi connectivity index (χ4v) is 1.38. The Balaban J connectivity index is 2.39. The molecule has 1 N–H and O–H groups in total. The molecule has 96 valence electrons. The maximum atomic E-state index is 13.3. The summed E-state index contributed by atoms with van der Waals surface area (Å²) in [6.45, 7) is 0.861. The Morgan fingerprint density at radius 1 is 1.29 bits per heavy atom. The SMILES string of the molecule is COCCOCC(O)Cc1cccc(F)c1F. The first-order valence-corrected chi connectivity index (χ1v) is 5.32. The number of aliphatic hydroxyl groups is 1. The lowest BCUT2D eigenvalue weighted by atomic mass is 10.1. The maximum absolute atomic E-state index is 13.3. The quantitative estimate of drug-likeness (QED) is 0.741. The van der Waals surface area contributed by atoms with Gasteiger partial charge in [0, 0.05) is 13.5 Å². The van der Waals surface area contributed by atoms with Gasteiger partial charge in [-0.3, -0.25) is 0 Å². The first-order chi connectivity index (χ1) is 8.15. The normalized spacial score (nSPS) is 12.7. The Labute approximate surface area is 99.0 Å². The van der Waals surface area contributed by atoms with Crippen molar-refractivity contribution in [1.82, 2.24) is 0 Å². The van der Waals surface area contributed by atoms with Gasteiger partial charge in [-0.05, 0) is 11.6 Å². The molecule has 1 aromatic carbocycles. The molecule has 5 heteroatoms. The summed E-state index contributed by atoms with van der Waals surface area (Å²) in [5, 5.41) is 9.56. The second-order valence-electron chi connectivity index (χ2n) is 3.64. The first-order valence-electron chi connectivity index (χ1n) is 5.32. The van der Waals surface area contributed by atoms with E-state index in [2.05, 4.69) is 0 Å². The zero-order valence-corrected chi connectivity index (χ0v) is 9.66. The lowest BCUT2D eigenvalue weighted by Crippen LogP contribution is -2.20. The molecule has 0 radical (unpaired) electrons. The van der Waals surface area contributed by atoms with E-state index in [0.29, 0.717) is 13.2 Å². The number of rotatable bonds is 7. The number of ether oxygens (including phenoxy) is 2. The van der Waals surface area contributed by atoms with Crippen molar-refractivity contribution >= 4 is 0 Å². The van der Waals surface area contributed by atoms with Crippen molar-refractivity contribution in [3.8, 4) is 0 Å². The minimum Gasteiger partial charge on any atom is -0.390 e. The zero-order valence-electron chi connectivity index (χ0n) is 9.66. The Kier molecular flexibility index (Phi) is 6.04. The molecule has 1 rings (SSSR count). The maximum Gasteiger partial charge on any atom is 0.162 e. The molecule has 0 saturated carbocycles. The Bertz CT molecular complexity index is 345. The lowest BCUT2D eigenvalue weighted by Gasteiger charge is -2.11. The van der Waals surface area contributed by atoms with Gasteiger partial charge in [-0.2, -0.15) is 0 Å². The smallest absolute Gasteiger partial charge is 0.162 e. The van der Waals surface area contributed by atoms with Crippen LogP contribution in [0.5, 0.6) is 0 Å². The molecule has 0 aliphatic carbocycles. The van der Waals surface area contributed by atoms with Crippen molar-refractivity contribution in [2.75, 3.05) is 26.9 Å². The van der Waals surface area contributed by atoms with E-state index in [-0.39, 0.29) is 18.6 Å². The third-order valence-electron chi connectivity index (χ3n) is 2.23. The molecule has 0 aliphatic rings. The van der Waals surface area contributed by atoms with Crippen molar-refractivity contribution in [2.45, 2.75) is 12.5 Å². The molecule has 0 saturated heterocycles. The van der Waals surface area contributed by atoms with E-state index in [1.165, 1.54) is 12.1 Å². The van der Waals surface area contributed by atoms with Crippen LogP contribution in [0.2, 0.25) is 0 Å². The van der Waals surface area contributed by atoms with Gasteiger partial charge in [0.15, 0.2) is 11.6 Å². The van der Waals surface area contributed by atoms with Crippen molar-refractivity contribution in [3.63, 3.8) is 0 Å². The predicted octanol–water partition coefficient (Wildman–Crippen LogP) is 1.53. The molecule has 0 aliphatic heterocycles. The molecular weight excluding hydrogens is 230 g/mol. The minimum atomic E-state index is -0.913. The van der Waals surface area contributed by atoms with E-state index in [1.54, 1.807) is 7.11 Å². The van der Waals surface area contributed by atoms with E-state index >= 15 is 0 Å². The highest BCUT2D eigenvalue weighted by molar-refractivity contribution is 5.19. The summed E-state index contributed by atoms with van der Waals surface area (Å²) < 4.78 is 36.0. The second-order valence-corrected chi connectivity index (χ2v) is 3.64. The molecule has 1 aromatic rings. The molecule has 0 amide bonds. The standard InChI is InChI=1S/C12H16F2O3/c1-16-5-6-17-8-10(15)7-9-3-2-4-11(13)12(9)14/h2-4,10,15H,5-8H2,1H3. The van der Waals surface area contributed by atoms with Crippen LogP contribution in [0.3, 0.4) is 0 Å². The highest BCUT2D eigenvalue weighted by Gasteiger charge is 2.12. The molecular formula is C12H16F2O3. The van der Waals surface area contributed by atoms with Crippen molar-refractivity contribution in [1.29, 1.82) is 0 Å². The van der Waals surface area contributed by atoms with E-state index in [1.807, 2.05) is 0 Å². The van der Waals surface area contributed by atoms with E-state index in [0.717, 1.165) is 6.07 Å². The fourth-order valence-electron chi connectivity index (χ4n) is 1.38. The summed E-state index contributed by atoms with van der Waals surface area (Å²) in [4.78, 5) is 0. The van der Waals surface area contributed by atoms with Crippen LogP contribution in [-0.2, 0) is 15.9 Å². The van der Waals surface area contributed by atoms with Crippen molar-refractivity contribution in [2.24, 2.45) is 0 Å². The van der Waals surface area contributed by atoms with Crippen LogP contribution >= 0.6 is 0 Å². The molecule has 0 heterocycles. The molecule has 0 bridgehead atoms. The van der Waals surface area contributed by atoms with Crippen molar-refractivity contribution in [3.05, 3.63) is 35.4 Å². The zero-order chi connectivity index (χ0) is 12.7. The molecule has 1 atom stereocenters. The number of hydrogen-bond donors (Lipinski definition) is 1. The van der Waals surface area contributed by atoms with Crippen LogP contribution in [0.15, 0.2) is 18.2 Å². The van der Waals surface area contributed by atoms with Gasteiger partial charge in [-0.1, -0.05) is 12.1 Å². The fraction of sp³-hybridized carbons (Fsp3) is 0.500. The van der Waals surface area contributed by atoms with Gasteiger partial charge in [-0.15, -0.1) is 0 Å². The van der Waals surface area contributed by atoms with Gasteiger partial charge < -0.3 is 14.6 Å².